The first kappa shape index (κ1) is 9.00. The molecule has 0 aromatic carbocycles. The van der Waals surface area contributed by atoms with E-state index >= 15 is 0 Å². The average Bonchev–Trinajstić information content (AvgIpc) is 1.63. The maximum atomic E-state index is 4.07. The highest BCUT2D eigenvalue weighted by Crippen LogP contribution is 2.14. The van der Waals surface area contributed by atoms with E-state index in [4.69, 9.17) is 0 Å². The summed E-state index contributed by atoms with van der Waals surface area (Å²) in [5.41, 5.74) is 0. The molecule has 0 aromatic rings. The summed E-state index contributed by atoms with van der Waals surface area (Å²) < 4.78 is 0. The van der Waals surface area contributed by atoms with Gasteiger partial charge in [0.25, 0.3) is 0 Å². The summed E-state index contributed by atoms with van der Waals surface area (Å²) in [6.45, 7) is 10.8. The highest BCUT2D eigenvalue weighted by Gasteiger charge is 2.02. The van der Waals surface area contributed by atoms with Gasteiger partial charge in [-0.05, 0) is 18.3 Å². The van der Waals surface area contributed by atoms with Crippen LogP contribution in [0.3, 0.4) is 0 Å². The van der Waals surface area contributed by atoms with Crippen molar-refractivity contribution in [3.8, 4) is 0 Å². The molecule has 0 bridgehead atoms. The zero-order valence-corrected chi connectivity index (χ0v) is 6.98. The molecular formula is C9H19. The van der Waals surface area contributed by atoms with Crippen LogP contribution in [-0.2, 0) is 0 Å². The first-order valence-electron chi connectivity index (χ1n) is 3.99. The van der Waals surface area contributed by atoms with Crippen molar-refractivity contribution in [2.24, 2.45) is 11.8 Å². The van der Waals surface area contributed by atoms with Crippen LogP contribution in [0.2, 0.25) is 0 Å². The van der Waals surface area contributed by atoms with E-state index in [0.717, 1.165) is 5.92 Å². The van der Waals surface area contributed by atoms with Gasteiger partial charge in [-0.25, -0.2) is 0 Å². The molecule has 0 aliphatic rings. The van der Waals surface area contributed by atoms with Crippen molar-refractivity contribution in [1.82, 2.24) is 0 Å². The topological polar surface area (TPSA) is 0 Å². The standard InChI is InChI=1S/C9H19/c1-5-6-9(4)7-8(2)3/h8-9H,4-7H2,1-3H3. The van der Waals surface area contributed by atoms with Crippen LogP contribution < -0.4 is 0 Å². The van der Waals surface area contributed by atoms with Gasteiger partial charge in [-0.2, -0.15) is 0 Å². The normalized spacial score (nSPS) is 14.3. The van der Waals surface area contributed by atoms with Crippen molar-refractivity contribution < 1.29 is 0 Å². The van der Waals surface area contributed by atoms with E-state index in [-0.39, 0.29) is 0 Å². The van der Waals surface area contributed by atoms with Crippen LogP contribution in [0.15, 0.2) is 0 Å². The molecule has 0 saturated heterocycles. The van der Waals surface area contributed by atoms with Gasteiger partial charge in [-0.15, -0.1) is 0 Å². The van der Waals surface area contributed by atoms with Crippen LogP contribution in [-0.4, -0.2) is 0 Å². The third-order valence-electron chi connectivity index (χ3n) is 1.50. The summed E-state index contributed by atoms with van der Waals surface area (Å²) >= 11 is 0. The molecule has 0 heterocycles. The van der Waals surface area contributed by atoms with E-state index in [2.05, 4.69) is 27.7 Å². The van der Waals surface area contributed by atoms with Crippen molar-refractivity contribution in [3.63, 3.8) is 0 Å². The number of hydrogen-bond donors (Lipinski definition) is 0. The van der Waals surface area contributed by atoms with Crippen LogP contribution in [0.1, 0.15) is 40.0 Å². The van der Waals surface area contributed by atoms with Crippen LogP contribution in [0.5, 0.6) is 0 Å². The lowest BCUT2D eigenvalue weighted by Crippen LogP contribution is -1.99. The molecule has 1 atom stereocenters. The molecule has 0 fully saturated rings. The summed E-state index contributed by atoms with van der Waals surface area (Å²) in [4.78, 5) is 0. The average molecular weight is 127 g/mol. The summed E-state index contributed by atoms with van der Waals surface area (Å²) in [5, 5.41) is 0. The maximum absolute atomic E-state index is 4.07. The lowest BCUT2D eigenvalue weighted by Gasteiger charge is -2.11. The Morgan fingerprint density at radius 3 is 2.22 bits per heavy atom. The Morgan fingerprint density at radius 2 is 1.89 bits per heavy atom. The van der Waals surface area contributed by atoms with Gasteiger partial charge in [-0.3, -0.25) is 0 Å². The Kier molecular flexibility index (Phi) is 4.84. The minimum atomic E-state index is 0.690. The van der Waals surface area contributed by atoms with Crippen molar-refractivity contribution >= 4 is 0 Å². The molecule has 9 heavy (non-hydrogen) atoms. The molecule has 0 rings (SSSR count). The van der Waals surface area contributed by atoms with Gasteiger partial charge in [0.15, 0.2) is 0 Å². The molecule has 0 nitrogen and oxygen atoms in total. The molecule has 0 spiro atoms. The van der Waals surface area contributed by atoms with Gasteiger partial charge in [0, 0.05) is 0 Å². The molecule has 0 heteroatoms. The van der Waals surface area contributed by atoms with Gasteiger partial charge in [0.1, 0.15) is 0 Å². The summed E-state index contributed by atoms with van der Waals surface area (Å²) in [6.07, 6.45) is 3.85. The molecule has 55 valence electrons. The molecule has 1 radical (unpaired) electrons. The van der Waals surface area contributed by atoms with Gasteiger partial charge in [0.05, 0.1) is 0 Å². The summed E-state index contributed by atoms with van der Waals surface area (Å²) in [7, 11) is 0. The Hall–Kier alpha value is 0. The second-order valence-corrected chi connectivity index (χ2v) is 3.28. The fourth-order valence-electron chi connectivity index (χ4n) is 1.19. The smallest absolute Gasteiger partial charge is 0.0412 e. The minimum Gasteiger partial charge on any atom is -0.0654 e. The van der Waals surface area contributed by atoms with Gasteiger partial charge < -0.3 is 0 Å². The van der Waals surface area contributed by atoms with E-state index in [1.54, 1.807) is 0 Å². The molecule has 1 unspecified atom stereocenters. The second kappa shape index (κ2) is 4.84. The summed E-state index contributed by atoms with van der Waals surface area (Å²) in [5.74, 6) is 1.51. The van der Waals surface area contributed by atoms with E-state index in [1.807, 2.05) is 0 Å². The van der Waals surface area contributed by atoms with Gasteiger partial charge in [-0.1, -0.05) is 40.5 Å². The lowest BCUT2D eigenvalue weighted by molar-refractivity contribution is 0.445. The van der Waals surface area contributed by atoms with Gasteiger partial charge >= 0.3 is 0 Å². The largest absolute Gasteiger partial charge is 0.0654 e. The zero-order valence-electron chi connectivity index (χ0n) is 6.98. The van der Waals surface area contributed by atoms with Crippen molar-refractivity contribution in [2.45, 2.75) is 40.0 Å². The molecule has 0 amide bonds. The van der Waals surface area contributed by atoms with Crippen molar-refractivity contribution in [1.29, 1.82) is 0 Å². The quantitative estimate of drug-likeness (QED) is 0.543. The molecule has 0 aliphatic heterocycles. The first-order valence-corrected chi connectivity index (χ1v) is 3.99. The third kappa shape index (κ3) is 5.88. The number of hydrogen-bond acceptors (Lipinski definition) is 0. The lowest BCUT2D eigenvalue weighted by atomic mass is 9.95. The minimum absolute atomic E-state index is 0.690. The maximum Gasteiger partial charge on any atom is -0.0412 e. The van der Waals surface area contributed by atoms with Gasteiger partial charge in [0.2, 0.25) is 0 Å². The first-order chi connectivity index (χ1) is 4.16. The summed E-state index contributed by atoms with van der Waals surface area (Å²) in [6, 6.07) is 0. The van der Waals surface area contributed by atoms with E-state index in [9.17, 15) is 0 Å². The number of rotatable bonds is 4. The molecular weight excluding hydrogens is 108 g/mol. The highest BCUT2D eigenvalue weighted by atomic mass is 14.1. The Labute approximate surface area is 59.7 Å². The van der Waals surface area contributed by atoms with Crippen LogP contribution in [0, 0.1) is 18.8 Å². The van der Waals surface area contributed by atoms with E-state index < -0.39 is 0 Å². The monoisotopic (exact) mass is 127 g/mol. The van der Waals surface area contributed by atoms with Crippen LogP contribution in [0.25, 0.3) is 0 Å². The van der Waals surface area contributed by atoms with E-state index in [0.29, 0.717) is 5.92 Å². The van der Waals surface area contributed by atoms with Crippen LogP contribution >= 0.6 is 0 Å². The Morgan fingerprint density at radius 1 is 1.33 bits per heavy atom. The van der Waals surface area contributed by atoms with Crippen molar-refractivity contribution in [2.75, 3.05) is 0 Å². The predicted octanol–water partition coefficient (Wildman–Crippen LogP) is 3.28. The zero-order chi connectivity index (χ0) is 7.28. The predicted molar refractivity (Wildman–Crippen MR) is 43.2 cm³/mol. The molecule has 0 saturated carbocycles. The third-order valence-corrected chi connectivity index (χ3v) is 1.50. The fraction of sp³-hybridized carbons (Fsp3) is 0.889. The van der Waals surface area contributed by atoms with E-state index in [1.165, 1.54) is 19.3 Å². The highest BCUT2D eigenvalue weighted by molar-refractivity contribution is 4.61. The fourth-order valence-corrected chi connectivity index (χ4v) is 1.19. The van der Waals surface area contributed by atoms with Crippen molar-refractivity contribution in [3.05, 3.63) is 6.92 Å². The van der Waals surface area contributed by atoms with Crippen LogP contribution in [0.4, 0.5) is 0 Å². The molecule has 0 aliphatic carbocycles. The molecule has 0 N–H and O–H groups in total. The SMILES string of the molecule is [CH2]C(CCC)CC(C)C. The Bertz CT molecular complexity index is 55.1. The Balaban J connectivity index is 3.15. The second-order valence-electron chi connectivity index (χ2n) is 3.28. The molecule has 0 aromatic heterocycles.